The number of alkyl halides is 3. The molecule has 0 aliphatic carbocycles. The number of rotatable bonds is 6. The average molecular weight is 429 g/mol. The quantitative estimate of drug-likeness (QED) is 0.573. The first-order valence-electron chi connectivity index (χ1n) is 8.60. The van der Waals surface area contributed by atoms with Gasteiger partial charge in [0, 0.05) is 25.2 Å². The smallest absolute Gasteiger partial charge is 0.373 e. The summed E-state index contributed by atoms with van der Waals surface area (Å²) in [6, 6.07) is 7.01. The molecule has 0 saturated heterocycles. The van der Waals surface area contributed by atoms with E-state index in [-0.39, 0.29) is 12.6 Å². The molecule has 1 aromatic carbocycles. The summed E-state index contributed by atoms with van der Waals surface area (Å²) in [5.41, 5.74) is 8.56. The summed E-state index contributed by atoms with van der Waals surface area (Å²) in [7, 11) is 1.85. The van der Waals surface area contributed by atoms with Crippen LogP contribution < -0.4 is 11.1 Å². The second-order valence-corrected chi connectivity index (χ2v) is 8.23. The fourth-order valence-electron chi connectivity index (χ4n) is 3.09. The van der Waals surface area contributed by atoms with Gasteiger partial charge >= 0.3 is 6.18 Å². The third-order valence-corrected chi connectivity index (χ3v) is 5.72. The Bertz CT molecular complexity index is 945. The highest BCUT2D eigenvalue weighted by Crippen LogP contribution is 2.40. The number of aryl methyl sites for hydroxylation is 2. The number of aromatic nitrogens is 2. The molecule has 0 spiro atoms. The highest BCUT2D eigenvalue weighted by Gasteiger charge is 2.30. The molecular weight excluding hydrogens is 409 g/mol. The fourth-order valence-corrected chi connectivity index (χ4v) is 4.34. The molecule has 150 valence electrons. The van der Waals surface area contributed by atoms with Crippen molar-refractivity contribution >= 4 is 27.9 Å². The predicted octanol–water partition coefficient (Wildman–Crippen LogP) is 5.11. The molecule has 0 aliphatic heterocycles. The van der Waals surface area contributed by atoms with Crippen LogP contribution in [0.4, 0.5) is 18.2 Å². The zero-order chi connectivity index (χ0) is 20.5. The topological polar surface area (TPSA) is 55.9 Å². The van der Waals surface area contributed by atoms with Gasteiger partial charge < -0.3 is 11.1 Å². The minimum atomic E-state index is -4.36. The lowest BCUT2D eigenvalue weighted by atomic mass is 10.0. The molecule has 3 rings (SSSR count). The first-order valence-corrected chi connectivity index (χ1v) is 9.79. The van der Waals surface area contributed by atoms with Crippen LogP contribution in [0.25, 0.3) is 11.3 Å². The van der Waals surface area contributed by atoms with Crippen molar-refractivity contribution in [3.05, 3.63) is 57.6 Å². The lowest BCUT2D eigenvalue weighted by molar-refractivity contribution is -0.137. The van der Waals surface area contributed by atoms with Gasteiger partial charge in [0.05, 0.1) is 22.5 Å². The van der Waals surface area contributed by atoms with Crippen molar-refractivity contribution in [3.8, 4) is 11.3 Å². The molecule has 0 unspecified atom stereocenters. The third kappa shape index (κ3) is 4.51. The van der Waals surface area contributed by atoms with Crippen molar-refractivity contribution in [1.82, 2.24) is 9.78 Å². The molecule has 0 saturated carbocycles. The normalized spacial score (nSPS) is 13.0. The summed E-state index contributed by atoms with van der Waals surface area (Å²) >= 11 is 7.79. The van der Waals surface area contributed by atoms with E-state index in [2.05, 4.69) is 10.4 Å². The summed E-state index contributed by atoms with van der Waals surface area (Å²) in [5.74, 6) is 0. The van der Waals surface area contributed by atoms with E-state index in [4.69, 9.17) is 17.3 Å². The van der Waals surface area contributed by atoms with Crippen molar-refractivity contribution in [3.63, 3.8) is 0 Å². The van der Waals surface area contributed by atoms with Crippen LogP contribution in [0.2, 0.25) is 4.34 Å². The second-order valence-electron chi connectivity index (χ2n) is 6.58. The average Bonchev–Trinajstić information content (AvgIpc) is 3.15. The maximum absolute atomic E-state index is 12.9. The van der Waals surface area contributed by atoms with Crippen molar-refractivity contribution < 1.29 is 13.2 Å². The molecule has 28 heavy (non-hydrogen) atoms. The van der Waals surface area contributed by atoms with Crippen molar-refractivity contribution in [2.75, 3.05) is 11.9 Å². The molecule has 3 N–H and O–H groups in total. The van der Waals surface area contributed by atoms with E-state index in [1.54, 1.807) is 16.9 Å². The first-order chi connectivity index (χ1) is 13.2. The Labute approximate surface area is 170 Å². The van der Waals surface area contributed by atoms with Crippen molar-refractivity contribution in [2.45, 2.75) is 25.6 Å². The molecule has 0 amide bonds. The van der Waals surface area contributed by atoms with E-state index >= 15 is 0 Å². The van der Waals surface area contributed by atoms with Crippen LogP contribution in [-0.2, 0) is 19.6 Å². The largest absolute Gasteiger partial charge is 0.416 e. The van der Waals surface area contributed by atoms with Crippen LogP contribution in [0.1, 0.15) is 16.7 Å². The SMILES string of the molecule is Cc1cnn(C)c1-c1cc(N[C@H](CN)Cc2cccc(C(F)(F)F)c2)sc1Cl. The Hall–Kier alpha value is -2.03. The maximum atomic E-state index is 12.9. The van der Waals surface area contributed by atoms with E-state index in [1.807, 2.05) is 20.0 Å². The molecule has 3 aromatic rings. The lowest BCUT2D eigenvalue weighted by Crippen LogP contribution is -2.30. The molecule has 4 nitrogen and oxygen atoms in total. The summed E-state index contributed by atoms with van der Waals surface area (Å²) in [4.78, 5) is 0. The van der Waals surface area contributed by atoms with Gasteiger partial charge in [-0.1, -0.05) is 29.8 Å². The molecule has 0 fully saturated rings. The van der Waals surface area contributed by atoms with Crippen molar-refractivity contribution in [2.24, 2.45) is 12.8 Å². The van der Waals surface area contributed by atoms with E-state index < -0.39 is 11.7 Å². The number of nitrogens with zero attached hydrogens (tertiary/aromatic N) is 2. The highest BCUT2D eigenvalue weighted by atomic mass is 35.5. The summed E-state index contributed by atoms with van der Waals surface area (Å²) in [6.45, 7) is 2.23. The second kappa shape index (κ2) is 8.14. The molecule has 0 bridgehead atoms. The number of thiophene rings is 1. The predicted molar refractivity (Wildman–Crippen MR) is 108 cm³/mol. The molecule has 9 heteroatoms. The van der Waals surface area contributed by atoms with Crippen LogP contribution in [0.15, 0.2) is 36.5 Å². The van der Waals surface area contributed by atoms with Gasteiger partial charge in [-0.05, 0) is 36.6 Å². The first kappa shape index (κ1) is 20.7. The standard InChI is InChI=1S/C19H20ClF3N4S/c1-11-10-25-27(2)17(11)15-8-16(28-18(15)20)26-14(9-24)7-12-4-3-5-13(6-12)19(21,22)23/h3-6,8,10,14,26H,7,9,24H2,1-2H3/t14-/m0/s1. The van der Waals surface area contributed by atoms with E-state index in [1.165, 1.54) is 17.4 Å². The number of nitrogens with one attached hydrogen (secondary N) is 1. The van der Waals surface area contributed by atoms with E-state index in [0.29, 0.717) is 16.3 Å². The Kier molecular flexibility index (Phi) is 6.02. The molecule has 2 aromatic heterocycles. The minimum absolute atomic E-state index is 0.223. The van der Waals surface area contributed by atoms with Gasteiger partial charge in [0.25, 0.3) is 0 Å². The number of nitrogens with two attached hydrogens (primary N) is 1. The van der Waals surface area contributed by atoms with E-state index in [9.17, 15) is 13.2 Å². The number of anilines is 1. The molecule has 2 heterocycles. The van der Waals surface area contributed by atoms with Crippen LogP contribution in [-0.4, -0.2) is 22.4 Å². The number of benzene rings is 1. The molecular formula is C19H20ClF3N4S. The van der Waals surface area contributed by atoms with E-state index in [0.717, 1.165) is 34.0 Å². The van der Waals surface area contributed by atoms with Gasteiger partial charge in [-0.25, -0.2) is 0 Å². The van der Waals surface area contributed by atoms with Gasteiger partial charge in [0.2, 0.25) is 0 Å². The zero-order valence-electron chi connectivity index (χ0n) is 15.3. The monoisotopic (exact) mass is 428 g/mol. The minimum Gasteiger partial charge on any atom is -0.373 e. The molecule has 0 aliphatic rings. The van der Waals surface area contributed by atoms with Gasteiger partial charge in [-0.15, -0.1) is 11.3 Å². The number of halogens is 4. The summed E-state index contributed by atoms with van der Waals surface area (Å²) in [6.07, 6.45) is -2.22. The molecule has 0 radical (unpaired) electrons. The van der Waals surface area contributed by atoms with Crippen LogP contribution in [0.5, 0.6) is 0 Å². The van der Waals surface area contributed by atoms with Gasteiger partial charge in [0.15, 0.2) is 0 Å². The van der Waals surface area contributed by atoms with Crippen LogP contribution in [0, 0.1) is 6.92 Å². The van der Waals surface area contributed by atoms with Crippen LogP contribution >= 0.6 is 22.9 Å². The Morgan fingerprint density at radius 1 is 1.32 bits per heavy atom. The Morgan fingerprint density at radius 3 is 2.68 bits per heavy atom. The molecule has 1 atom stereocenters. The highest BCUT2D eigenvalue weighted by molar-refractivity contribution is 7.20. The third-order valence-electron chi connectivity index (χ3n) is 4.43. The number of hydrogen-bond donors (Lipinski definition) is 2. The summed E-state index contributed by atoms with van der Waals surface area (Å²) in [5, 5.41) is 8.34. The Balaban J connectivity index is 1.78. The van der Waals surface area contributed by atoms with Crippen molar-refractivity contribution in [1.29, 1.82) is 0 Å². The van der Waals surface area contributed by atoms with Gasteiger partial charge in [-0.2, -0.15) is 18.3 Å². The maximum Gasteiger partial charge on any atom is 0.416 e. The fraction of sp³-hybridized carbons (Fsp3) is 0.316. The van der Waals surface area contributed by atoms with Gasteiger partial charge in [0.1, 0.15) is 4.34 Å². The van der Waals surface area contributed by atoms with Crippen LogP contribution in [0.3, 0.4) is 0 Å². The Morgan fingerprint density at radius 2 is 2.07 bits per heavy atom. The van der Waals surface area contributed by atoms with Gasteiger partial charge in [-0.3, -0.25) is 4.68 Å². The lowest BCUT2D eigenvalue weighted by Gasteiger charge is -2.17. The summed E-state index contributed by atoms with van der Waals surface area (Å²) < 4.78 is 41.1. The number of hydrogen-bond acceptors (Lipinski definition) is 4. The zero-order valence-corrected chi connectivity index (χ0v) is 16.9.